The summed E-state index contributed by atoms with van der Waals surface area (Å²) in [5.41, 5.74) is -0.321. The number of hydrogen-bond donors (Lipinski definition) is 1. The number of rotatable bonds is 7. The number of esters is 1. The quantitative estimate of drug-likeness (QED) is 0.716. The van der Waals surface area contributed by atoms with Crippen LogP contribution in [0.15, 0.2) is 36.4 Å². The first-order valence-electron chi connectivity index (χ1n) is 7.41. The van der Waals surface area contributed by atoms with Crippen LogP contribution in [0.4, 0.5) is 13.2 Å². The highest BCUT2D eigenvalue weighted by atomic mass is 32.2. The number of hydrogen-bond acceptors (Lipinski definition) is 5. The van der Waals surface area contributed by atoms with Crippen LogP contribution < -0.4 is 4.72 Å². The first kappa shape index (κ1) is 20.4. The summed E-state index contributed by atoms with van der Waals surface area (Å²) in [4.78, 5) is 13.1. The molecule has 10 heteroatoms. The first-order valence-corrected chi connectivity index (χ1v) is 10.1. The molecular formula is C16H16F3NO4S2. The monoisotopic (exact) mass is 407 g/mol. The van der Waals surface area contributed by atoms with Crippen LogP contribution in [-0.2, 0) is 34.0 Å². The van der Waals surface area contributed by atoms with E-state index in [0.29, 0.717) is 16.9 Å². The zero-order valence-corrected chi connectivity index (χ0v) is 15.3. The normalized spacial score (nSPS) is 12.2. The summed E-state index contributed by atoms with van der Waals surface area (Å²) in [5.74, 6) is -0.586. The molecule has 1 heterocycles. The molecule has 5 nitrogen and oxygen atoms in total. The zero-order valence-electron chi connectivity index (χ0n) is 13.7. The Balaban J connectivity index is 1.86. The highest BCUT2D eigenvalue weighted by Gasteiger charge is 2.29. The molecule has 0 amide bonds. The molecule has 0 unspecified atom stereocenters. The van der Waals surface area contributed by atoms with E-state index in [1.165, 1.54) is 23.5 Å². The number of ether oxygens (including phenoxy) is 1. The van der Waals surface area contributed by atoms with Crippen molar-refractivity contribution in [3.63, 3.8) is 0 Å². The molecule has 2 aromatic rings. The maximum absolute atomic E-state index is 12.5. The summed E-state index contributed by atoms with van der Waals surface area (Å²) in [7, 11) is -3.26. The van der Waals surface area contributed by atoms with Gasteiger partial charge in [0.2, 0.25) is 10.0 Å². The van der Waals surface area contributed by atoms with Gasteiger partial charge in [-0.2, -0.15) is 13.2 Å². The highest BCUT2D eigenvalue weighted by molar-refractivity contribution is 7.88. The summed E-state index contributed by atoms with van der Waals surface area (Å²) in [6, 6.07) is 7.64. The van der Waals surface area contributed by atoms with Crippen molar-refractivity contribution >= 4 is 27.3 Å². The van der Waals surface area contributed by atoms with Crippen molar-refractivity contribution in [1.82, 2.24) is 4.72 Å². The molecule has 0 atom stereocenters. The molecular weight excluding hydrogens is 391 g/mol. The molecule has 0 spiro atoms. The summed E-state index contributed by atoms with van der Waals surface area (Å²) in [6.45, 7) is 0.0826. The molecule has 0 saturated heterocycles. The Morgan fingerprint density at radius 3 is 2.38 bits per heavy atom. The molecule has 0 aliphatic carbocycles. The molecule has 0 aliphatic rings. The fraction of sp³-hybridized carbons (Fsp3) is 0.312. The molecule has 0 aliphatic heterocycles. The summed E-state index contributed by atoms with van der Waals surface area (Å²) in [5, 5.41) is 0. The van der Waals surface area contributed by atoms with E-state index in [-0.39, 0.29) is 13.2 Å². The van der Waals surface area contributed by atoms with Gasteiger partial charge in [-0.05, 0) is 36.2 Å². The van der Waals surface area contributed by atoms with Crippen molar-refractivity contribution in [3.8, 4) is 0 Å². The third-order valence-electron chi connectivity index (χ3n) is 3.25. The number of nitrogens with one attached hydrogen (secondary N) is 1. The molecule has 1 aromatic heterocycles. The molecule has 0 bridgehead atoms. The van der Waals surface area contributed by atoms with Gasteiger partial charge in [0, 0.05) is 11.4 Å². The van der Waals surface area contributed by atoms with E-state index >= 15 is 0 Å². The molecule has 0 saturated carbocycles. The topological polar surface area (TPSA) is 72.5 Å². The average Bonchev–Trinajstić information content (AvgIpc) is 3.00. The minimum Gasteiger partial charge on any atom is -0.457 e. The Kier molecular flexibility index (Phi) is 6.43. The van der Waals surface area contributed by atoms with Crippen molar-refractivity contribution in [2.45, 2.75) is 19.2 Å². The molecule has 1 N–H and O–H groups in total. The number of sulfonamides is 1. The van der Waals surface area contributed by atoms with Gasteiger partial charge < -0.3 is 4.74 Å². The lowest BCUT2D eigenvalue weighted by molar-refractivity contribution is -0.137. The van der Waals surface area contributed by atoms with E-state index in [0.717, 1.165) is 23.3 Å². The van der Waals surface area contributed by atoms with Gasteiger partial charge in [-0.25, -0.2) is 17.9 Å². The fourth-order valence-electron chi connectivity index (χ4n) is 1.99. The Bertz CT molecular complexity index is 858. The predicted molar refractivity (Wildman–Crippen MR) is 91.4 cm³/mol. The van der Waals surface area contributed by atoms with Crippen molar-refractivity contribution < 1.29 is 31.1 Å². The van der Waals surface area contributed by atoms with E-state index in [2.05, 4.69) is 4.72 Å². The van der Waals surface area contributed by atoms with E-state index < -0.39 is 27.7 Å². The highest BCUT2D eigenvalue weighted by Crippen LogP contribution is 2.29. The van der Waals surface area contributed by atoms with E-state index in [9.17, 15) is 26.4 Å². The number of carbonyl (C=O) groups excluding carboxylic acids is 1. The Labute approximate surface area is 152 Å². The fourth-order valence-corrected chi connectivity index (χ4v) is 3.37. The maximum atomic E-state index is 12.5. The third-order valence-corrected chi connectivity index (χ3v) is 5.10. The molecule has 26 heavy (non-hydrogen) atoms. The molecule has 0 fully saturated rings. The van der Waals surface area contributed by atoms with Crippen LogP contribution in [0, 0.1) is 0 Å². The minimum atomic E-state index is -4.41. The van der Waals surface area contributed by atoms with Crippen LogP contribution in [0.2, 0.25) is 0 Å². The lowest BCUT2D eigenvalue weighted by Gasteiger charge is -2.08. The largest absolute Gasteiger partial charge is 0.457 e. The number of halogens is 3. The van der Waals surface area contributed by atoms with Gasteiger partial charge in [0.05, 0.1) is 11.8 Å². The van der Waals surface area contributed by atoms with Crippen molar-refractivity contribution in [3.05, 3.63) is 57.3 Å². The van der Waals surface area contributed by atoms with Gasteiger partial charge in [0.1, 0.15) is 11.5 Å². The Morgan fingerprint density at radius 1 is 1.15 bits per heavy atom. The minimum absolute atomic E-state index is 0.139. The number of carbonyl (C=O) groups is 1. The second-order valence-corrected chi connectivity index (χ2v) is 8.45. The van der Waals surface area contributed by atoms with Crippen LogP contribution in [0.5, 0.6) is 0 Å². The van der Waals surface area contributed by atoms with Gasteiger partial charge in [-0.15, -0.1) is 11.3 Å². The number of benzene rings is 1. The van der Waals surface area contributed by atoms with Gasteiger partial charge >= 0.3 is 12.1 Å². The molecule has 2 rings (SSSR count). The van der Waals surface area contributed by atoms with Crippen LogP contribution in [0.3, 0.4) is 0 Å². The maximum Gasteiger partial charge on any atom is 0.416 e. The summed E-state index contributed by atoms with van der Waals surface area (Å²) in [6.07, 6.45) is -2.91. The molecule has 1 aromatic carbocycles. The molecule has 142 valence electrons. The SMILES string of the molecule is CS(=O)(=O)NCCc1ccc(C(=O)OCc2ccc(C(F)(F)F)cc2)s1. The van der Waals surface area contributed by atoms with Gasteiger partial charge in [0.15, 0.2) is 0 Å². The van der Waals surface area contributed by atoms with E-state index in [4.69, 9.17) is 4.74 Å². The van der Waals surface area contributed by atoms with Crippen molar-refractivity contribution in [2.75, 3.05) is 12.8 Å². The van der Waals surface area contributed by atoms with Crippen molar-refractivity contribution in [2.24, 2.45) is 0 Å². The van der Waals surface area contributed by atoms with Crippen molar-refractivity contribution in [1.29, 1.82) is 0 Å². The van der Waals surface area contributed by atoms with Gasteiger partial charge in [-0.1, -0.05) is 12.1 Å². The Morgan fingerprint density at radius 2 is 1.81 bits per heavy atom. The second-order valence-electron chi connectivity index (χ2n) is 5.45. The predicted octanol–water partition coefficient (Wildman–Crippen LogP) is 3.22. The van der Waals surface area contributed by atoms with E-state index in [1.807, 2.05) is 0 Å². The van der Waals surface area contributed by atoms with E-state index in [1.54, 1.807) is 12.1 Å². The van der Waals surface area contributed by atoms with Gasteiger partial charge in [0.25, 0.3) is 0 Å². The summed E-state index contributed by atoms with van der Waals surface area (Å²) >= 11 is 1.17. The van der Waals surface area contributed by atoms with Gasteiger partial charge in [-0.3, -0.25) is 0 Å². The third kappa shape index (κ3) is 6.43. The van der Waals surface area contributed by atoms with Crippen LogP contribution in [0.1, 0.15) is 25.7 Å². The van der Waals surface area contributed by atoms with Crippen LogP contribution >= 0.6 is 11.3 Å². The number of alkyl halides is 3. The lowest BCUT2D eigenvalue weighted by atomic mass is 10.1. The second kappa shape index (κ2) is 8.19. The lowest BCUT2D eigenvalue weighted by Crippen LogP contribution is -2.23. The summed E-state index contributed by atoms with van der Waals surface area (Å²) < 4.78 is 66.9. The molecule has 0 radical (unpaired) electrons. The Hall–Kier alpha value is -1.91. The standard InChI is InChI=1S/C16H16F3NO4S2/c1-26(22,23)20-9-8-13-6-7-14(25-13)15(21)24-10-11-2-4-12(5-3-11)16(17,18)19/h2-7,20H,8-10H2,1H3. The van der Waals surface area contributed by atoms with Crippen LogP contribution in [0.25, 0.3) is 0 Å². The number of thiophene rings is 1. The zero-order chi connectivity index (χ0) is 19.4. The smallest absolute Gasteiger partial charge is 0.416 e. The first-order chi connectivity index (χ1) is 12.0. The average molecular weight is 407 g/mol. The van der Waals surface area contributed by atoms with Crippen LogP contribution in [-0.4, -0.2) is 27.2 Å².